The first-order chi connectivity index (χ1) is 7.36. The number of nitrogens with zero attached hydrogens (tertiary/aromatic N) is 5. The van der Waals surface area contributed by atoms with Crippen molar-refractivity contribution < 1.29 is 0 Å². The molecule has 15 heavy (non-hydrogen) atoms. The molecular formula is C8H9BrN6. The Labute approximate surface area is 94.9 Å². The first-order valence-corrected chi connectivity index (χ1v) is 5.19. The second kappa shape index (κ2) is 4.83. The van der Waals surface area contributed by atoms with Gasteiger partial charge in [0.05, 0.1) is 17.2 Å². The molecule has 2 aromatic heterocycles. The van der Waals surface area contributed by atoms with Gasteiger partial charge in [-0.1, -0.05) is 5.21 Å². The van der Waals surface area contributed by atoms with Crippen molar-refractivity contribution in [3.8, 4) is 0 Å². The number of rotatable bonds is 4. The monoisotopic (exact) mass is 268 g/mol. The van der Waals surface area contributed by atoms with Crippen LogP contribution < -0.4 is 5.32 Å². The average Bonchev–Trinajstić information content (AvgIpc) is 2.74. The summed E-state index contributed by atoms with van der Waals surface area (Å²) < 4.78 is 2.60. The van der Waals surface area contributed by atoms with Crippen LogP contribution in [0.25, 0.3) is 0 Å². The Morgan fingerprint density at radius 1 is 1.47 bits per heavy atom. The molecule has 0 aromatic carbocycles. The molecule has 0 fully saturated rings. The van der Waals surface area contributed by atoms with Crippen LogP contribution in [0.4, 0.5) is 5.82 Å². The van der Waals surface area contributed by atoms with Crippen molar-refractivity contribution in [1.29, 1.82) is 0 Å². The van der Waals surface area contributed by atoms with Crippen LogP contribution >= 0.6 is 15.9 Å². The predicted molar refractivity (Wildman–Crippen MR) is 58.2 cm³/mol. The maximum Gasteiger partial charge on any atom is 0.143 e. The summed E-state index contributed by atoms with van der Waals surface area (Å²) in [6.07, 6.45) is 6.67. The van der Waals surface area contributed by atoms with Crippen LogP contribution in [0.1, 0.15) is 0 Å². The van der Waals surface area contributed by atoms with Crippen LogP contribution in [-0.2, 0) is 6.54 Å². The molecule has 0 unspecified atom stereocenters. The van der Waals surface area contributed by atoms with Gasteiger partial charge in [0.25, 0.3) is 0 Å². The first-order valence-electron chi connectivity index (χ1n) is 4.40. The van der Waals surface area contributed by atoms with Crippen LogP contribution in [0.2, 0.25) is 0 Å². The van der Waals surface area contributed by atoms with Crippen LogP contribution in [0.15, 0.2) is 29.4 Å². The Kier molecular flexibility index (Phi) is 3.23. The first kappa shape index (κ1) is 10.0. The molecule has 0 saturated heterocycles. The van der Waals surface area contributed by atoms with Crippen molar-refractivity contribution in [3.05, 3.63) is 29.4 Å². The maximum atomic E-state index is 4.08. The molecule has 0 aliphatic heterocycles. The van der Waals surface area contributed by atoms with Crippen LogP contribution in [0, 0.1) is 0 Å². The fourth-order valence-electron chi connectivity index (χ4n) is 1.08. The number of hydrogen-bond donors (Lipinski definition) is 1. The molecule has 0 bridgehead atoms. The SMILES string of the molecule is Brc1cncnc1NCCn1ccnn1. The molecule has 0 aliphatic carbocycles. The Bertz CT molecular complexity index is 415. The lowest BCUT2D eigenvalue weighted by Crippen LogP contribution is -2.12. The summed E-state index contributed by atoms with van der Waals surface area (Å²) in [5.41, 5.74) is 0. The molecule has 2 aromatic rings. The zero-order chi connectivity index (χ0) is 10.5. The normalized spacial score (nSPS) is 10.2. The number of hydrogen-bond acceptors (Lipinski definition) is 5. The summed E-state index contributed by atoms with van der Waals surface area (Å²) in [6, 6.07) is 0. The van der Waals surface area contributed by atoms with E-state index >= 15 is 0 Å². The van der Waals surface area contributed by atoms with E-state index in [1.54, 1.807) is 17.1 Å². The van der Waals surface area contributed by atoms with Gasteiger partial charge in [0.15, 0.2) is 0 Å². The van der Waals surface area contributed by atoms with Crippen molar-refractivity contribution in [2.24, 2.45) is 0 Å². The van der Waals surface area contributed by atoms with Gasteiger partial charge in [-0.05, 0) is 15.9 Å². The van der Waals surface area contributed by atoms with Gasteiger partial charge >= 0.3 is 0 Å². The zero-order valence-corrected chi connectivity index (χ0v) is 9.42. The van der Waals surface area contributed by atoms with Crippen molar-refractivity contribution in [2.75, 3.05) is 11.9 Å². The van der Waals surface area contributed by atoms with Gasteiger partial charge < -0.3 is 5.32 Å². The van der Waals surface area contributed by atoms with E-state index in [2.05, 4.69) is 41.5 Å². The molecule has 2 heterocycles. The van der Waals surface area contributed by atoms with Crippen molar-refractivity contribution >= 4 is 21.7 Å². The summed E-state index contributed by atoms with van der Waals surface area (Å²) >= 11 is 3.35. The van der Waals surface area contributed by atoms with Crippen molar-refractivity contribution in [1.82, 2.24) is 25.0 Å². The smallest absolute Gasteiger partial charge is 0.143 e. The standard InChI is InChI=1S/C8H9BrN6/c9-7-5-10-6-12-8(7)11-1-3-15-4-2-13-14-15/h2,4-6H,1,3H2,(H,10,11,12). The van der Waals surface area contributed by atoms with E-state index in [0.29, 0.717) is 0 Å². The highest BCUT2D eigenvalue weighted by Crippen LogP contribution is 2.16. The number of halogens is 1. The van der Waals surface area contributed by atoms with E-state index < -0.39 is 0 Å². The molecule has 0 spiro atoms. The second-order valence-electron chi connectivity index (χ2n) is 2.81. The molecule has 0 saturated carbocycles. The molecule has 0 amide bonds. The molecule has 2 rings (SSSR count). The molecule has 0 aliphatic rings. The van der Waals surface area contributed by atoms with Gasteiger partial charge in [0.2, 0.25) is 0 Å². The van der Waals surface area contributed by atoms with Crippen LogP contribution in [-0.4, -0.2) is 31.5 Å². The number of nitrogens with one attached hydrogen (secondary N) is 1. The van der Waals surface area contributed by atoms with E-state index in [4.69, 9.17) is 0 Å². The molecular weight excluding hydrogens is 260 g/mol. The quantitative estimate of drug-likeness (QED) is 0.894. The lowest BCUT2D eigenvalue weighted by molar-refractivity contribution is 0.608. The fourth-order valence-corrected chi connectivity index (χ4v) is 1.44. The Morgan fingerprint density at radius 3 is 3.13 bits per heavy atom. The fraction of sp³-hybridized carbons (Fsp3) is 0.250. The zero-order valence-electron chi connectivity index (χ0n) is 7.84. The van der Waals surface area contributed by atoms with Gasteiger partial charge in [-0.15, -0.1) is 5.10 Å². The van der Waals surface area contributed by atoms with E-state index in [1.807, 2.05) is 6.20 Å². The second-order valence-corrected chi connectivity index (χ2v) is 3.67. The summed E-state index contributed by atoms with van der Waals surface area (Å²) in [6.45, 7) is 1.48. The summed E-state index contributed by atoms with van der Waals surface area (Å²) in [4.78, 5) is 7.96. The number of aromatic nitrogens is 5. The third-order valence-corrected chi connectivity index (χ3v) is 2.35. The topological polar surface area (TPSA) is 68.5 Å². The molecule has 0 radical (unpaired) electrons. The summed E-state index contributed by atoms with van der Waals surface area (Å²) in [7, 11) is 0. The number of anilines is 1. The Balaban J connectivity index is 1.86. The van der Waals surface area contributed by atoms with Gasteiger partial charge in [-0.2, -0.15) is 0 Å². The van der Waals surface area contributed by atoms with Gasteiger partial charge in [-0.3, -0.25) is 4.68 Å². The van der Waals surface area contributed by atoms with Crippen molar-refractivity contribution in [2.45, 2.75) is 6.54 Å². The van der Waals surface area contributed by atoms with Crippen molar-refractivity contribution in [3.63, 3.8) is 0 Å². The minimum absolute atomic E-state index is 0.735. The van der Waals surface area contributed by atoms with Crippen LogP contribution in [0.3, 0.4) is 0 Å². The third-order valence-electron chi connectivity index (χ3n) is 1.77. The Hall–Kier alpha value is -1.50. The maximum absolute atomic E-state index is 4.08. The summed E-state index contributed by atoms with van der Waals surface area (Å²) in [5, 5.41) is 10.7. The highest BCUT2D eigenvalue weighted by Gasteiger charge is 1.99. The van der Waals surface area contributed by atoms with Gasteiger partial charge in [0.1, 0.15) is 12.1 Å². The van der Waals surface area contributed by atoms with E-state index in [-0.39, 0.29) is 0 Å². The van der Waals surface area contributed by atoms with E-state index in [0.717, 1.165) is 23.4 Å². The highest BCUT2D eigenvalue weighted by molar-refractivity contribution is 9.10. The molecule has 1 N–H and O–H groups in total. The Morgan fingerprint density at radius 2 is 2.40 bits per heavy atom. The average molecular weight is 269 g/mol. The molecule has 6 nitrogen and oxygen atoms in total. The largest absolute Gasteiger partial charge is 0.367 e. The lowest BCUT2D eigenvalue weighted by atomic mass is 10.5. The highest BCUT2D eigenvalue weighted by atomic mass is 79.9. The van der Waals surface area contributed by atoms with Gasteiger partial charge in [-0.25, -0.2) is 9.97 Å². The van der Waals surface area contributed by atoms with E-state index in [9.17, 15) is 0 Å². The lowest BCUT2D eigenvalue weighted by Gasteiger charge is -2.05. The minimum atomic E-state index is 0.735. The van der Waals surface area contributed by atoms with Gasteiger partial charge in [0, 0.05) is 18.9 Å². The van der Waals surface area contributed by atoms with Crippen LogP contribution in [0.5, 0.6) is 0 Å². The third kappa shape index (κ3) is 2.72. The molecule has 78 valence electrons. The predicted octanol–water partition coefficient (Wildman–Crippen LogP) is 0.943. The minimum Gasteiger partial charge on any atom is -0.367 e. The molecule has 7 heteroatoms. The summed E-state index contributed by atoms with van der Waals surface area (Å²) in [5.74, 6) is 0.783. The molecule has 0 atom stereocenters. The van der Waals surface area contributed by atoms with E-state index in [1.165, 1.54) is 6.33 Å².